The zero-order valence-electron chi connectivity index (χ0n) is 17.0. The molecule has 146 valence electrons. The number of fused-ring (bicyclic) bond motifs is 1. The Labute approximate surface area is 173 Å². The lowest BCUT2D eigenvalue weighted by Crippen LogP contribution is -2.30. The van der Waals surface area contributed by atoms with Crippen LogP contribution >= 0.6 is 11.6 Å². The molecule has 0 bridgehead atoms. The van der Waals surface area contributed by atoms with E-state index in [2.05, 4.69) is 58.6 Å². The zero-order chi connectivity index (χ0) is 20.4. The molecule has 0 fully saturated rings. The average molecular weight is 395 g/mol. The van der Waals surface area contributed by atoms with E-state index in [4.69, 9.17) is 21.1 Å². The summed E-state index contributed by atoms with van der Waals surface area (Å²) in [5.74, 6) is 2.24. The van der Waals surface area contributed by atoms with Gasteiger partial charge in [0.15, 0.2) is 0 Å². The fraction of sp³-hybridized carbons (Fsp3) is 0.280. The van der Waals surface area contributed by atoms with Crippen molar-refractivity contribution in [1.82, 2.24) is 0 Å². The van der Waals surface area contributed by atoms with Crippen molar-refractivity contribution in [1.29, 1.82) is 0 Å². The highest BCUT2D eigenvalue weighted by atomic mass is 35.5. The van der Waals surface area contributed by atoms with Crippen LogP contribution in [-0.4, -0.2) is 0 Å². The first-order valence-corrected chi connectivity index (χ1v) is 9.84. The van der Waals surface area contributed by atoms with Crippen molar-refractivity contribution in [2.24, 2.45) is 5.41 Å². The lowest BCUT2D eigenvalue weighted by Gasteiger charge is -2.37. The largest absolute Gasteiger partial charge is 0.462 e. The summed E-state index contributed by atoms with van der Waals surface area (Å²) in [4.78, 5) is 0. The fourth-order valence-corrected chi connectivity index (χ4v) is 3.22. The summed E-state index contributed by atoms with van der Waals surface area (Å²) in [6.07, 6.45) is 6.73. The second-order valence-electron chi connectivity index (χ2n) is 8.36. The minimum Gasteiger partial charge on any atom is -0.462 e. The Balaban J connectivity index is 1.96. The van der Waals surface area contributed by atoms with Gasteiger partial charge in [-0.1, -0.05) is 81.4 Å². The Hall–Kier alpha value is -2.45. The van der Waals surface area contributed by atoms with Crippen molar-refractivity contribution in [2.45, 2.75) is 39.5 Å². The van der Waals surface area contributed by atoms with E-state index in [0.29, 0.717) is 10.8 Å². The third-order valence-electron chi connectivity index (χ3n) is 5.08. The van der Waals surface area contributed by atoms with Crippen molar-refractivity contribution in [3.05, 3.63) is 95.1 Å². The monoisotopic (exact) mass is 394 g/mol. The SMILES string of the molecule is C=C(OC1=COc2ccc(Cl)cc2[C@]1(C)C/C=C/c1ccccc1)C(C)(C)C. The van der Waals surface area contributed by atoms with Gasteiger partial charge in [-0.25, -0.2) is 0 Å². The Bertz CT molecular complexity index is 919. The molecule has 0 radical (unpaired) electrons. The van der Waals surface area contributed by atoms with E-state index in [1.54, 1.807) is 6.26 Å². The first-order valence-electron chi connectivity index (χ1n) is 9.46. The molecule has 3 heteroatoms. The number of benzene rings is 2. The number of rotatable bonds is 5. The smallest absolute Gasteiger partial charge is 0.149 e. The summed E-state index contributed by atoms with van der Waals surface area (Å²) in [5, 5.41) is 0.677. The molecule has 3 rings (SSSR count). The molecule has 0 aromatic heterocycles. The maximum absolute atomic E-state index is 6.31. The summed E-state index contributed by atoms with van der Waals surface area (Å²) >= 11 is 6.31. The van der Waals surface area contributed by atoms with Crippen LogP contribution in [0.1, 0.15) is 45.2 Å². The van der Waals surface area contributed by atoms with Gasteiger partial charge in [0.05, 0.1) is 5.41 Å². The summed E-state index contributed by atoms with van der Waals surface area (Å²) in [6, 6.07) is 16.0. The van der Waals surface area contributed by atoms with Crippen LogP contribution in [0.25, 0.3) is 6.08 Å². The van der Waals surface area contributed by atoms with E-state index in [1.807, 2.05) is 36.4 Å². The zero-order valence-corrected chi connectivity index (χ0v) is 17.7. The lowest BCUT2D eigenvalue weighted by molar-refractivity contribution is 0.163. The number of hydrogen-bond acceptors (Lipinski definition) is 2. The minimum absolute atomic E-state index is 0.170. The predicted molar refractivity (Wildman–Crippen MR) is 117 cm³/mol. The topological polar surface area (TPSA) is 18.5 Å². The van der Waals surface area contributed by atoms with Crippen LogP contribution < -0.4 is 4.74 Å². The molecule has 1 aliphatic rings. The van der Waals surface area contributed by atoms with Gasteiger partial charge >= 0.3 is 0 Å². The summed E-state index contributed by atoms with van der Waals surface area (Å²) < 4.78 is 12.1. The third kappa shape index (κ3) is 4.34. The Kier molecular flexibility index (Phi) is 5.71. The van der Waals surface area contributed by atoms with Gasteiger partial charge in [0.2, 0.25) is 0 Å². The van der Waals surface area contributed by atoms with E-state index >= 15 is 0 Å². The van der Waals surface area contributed by atoms with Gasteiger partial charge in [0.1, 0.15) is 23.5 Å². The summed E-state index contributed by atoms with van der Waals surface area (Å²) in [6.45, 7) is 12.5. The number of hydrogen-bond donors (Lipinski definition) is 0. The van der Waals surface area contributed by atoms with Crippen LogP contribution in [0, 0.1) is 5.41 Å². The van der Waals surface area contributed by atoms with E-state index in [1.165, 1.54) is 0 Å². The van der Waals surface area contributed by atoms with Gasteiger partial charge in [-0.3, -0.25) is 0 Å². The number of allylic oxidation sites excluding steroid dienone is 3. The summed E-state index contributed by atoms with van der Waals surface area (Å²) in [5.41, 5.74) is 1.58. The van der Waals surface area contributed by atoms with Crippen LogP contribution in [0.15, 0.2) is 79.0 Å². The van der Waals surface area contributed by atoms with Gasteiger partial charge in [0, 0.05) is 16.0 Å². The molecule has 2 aromatic rings. The van der Waals surface area contributed by atoms with Crippen molar-refractivity contribution in [3.63, 3.8) is 0 Å². The van der Waals surface area contributed by atoms with E-state index < -0.39 is 5.41 Å². The standard InChI is InChI=1S/C25H27ClO2/c1-18(24(2,3)4)28-23-17-27-22-14-13-20(26)16-21(22)25(23,5)15-9-12-19-10-7-6-8-11-19/h6-14,16-17H,1,15H2,2-5H3/b12-9+/t25-/m0/s1. The van der Waals surface area contributed by atoms with Crippen molar-refractivity contribution < 1.29 is 9.47 Å². The van der Waals surface area contributed by atoms with Crippen molar-refractivity contribution in [3.8, 4) is 5.75 Å². The number of ether oxygens (including phenoxy) is 2. The highest BCUT2D eigenvalue weighted by molar-refractivity contribution is 6.30. The molecule has 0 N–H and O–H groups in total. The molecule has 0 spiro atoms. The average Bonchev–Trinajstić information content (AvgIpc) is 2.65. The van der Waals surface area contributed by atoms with Crippen LogP contribution in [0.4, 0.5) is 0 Å². The minimum atomic E-state index is -0.419. The lowest BCUT2D eigenvalue weighted by atomic mass is 9.76. The molecule has 2 aromatic carbocycles. The first-order chi connectivity index (χ1) is 13.2. The van der Waals surface area contributed by atoms with E-state index in [0.717, 1.165) is 29.1 Å². The van der Waals surface area contributed by atoms with Gasteiger partial charge in [-0.15, -0.1) is 0 Å². The van der Waals surface area contributed by atoms with Crippen LogP contribution in [0.3, 0.4) is 0 Å². The molecule has 1 aliphatic heterocycles. The molecule has 0 amide bonds. The van der Waals surface area contributed by atoms with Crippen LogP contribution in [0.2, 0.25) is 5.02 Å². The molecule has 0 saturated carbocycles. The Morgan fingerprint density at radius 2 is 1.89 bits per heavy atom. The quantitative estimate of drug-likeness (QED) is 0.488. The normalized spacial score (nSPS) is 19.0. The molecule has 0 aliphatic carbocycles. The highest BCUT2D eigenvalue weighted by Gasteiger charge is 2.39. The third-order valence-corrected chi connectivity index (χ3v) is 5.31. The second kappa shape index (κ2) is 7.89. The second-order valence-corrected chi connectivity index (χ2v) is 8.80. The van der Waals surface area contributed by atoms with Crippen LogP contribution in [0.5, 0.6) is 5.75 Å². The van der Waals surface area contributed by atoms with E-state index in [-0.39, 0.29) is 5.41 Å². The summed E-state index contributed by atoms with van der Waals surface area (Å²) in [7, 11) is 0. The Morgan fingerprint density at radius 3 is 2.57 bits per heavy atom. The molecule has 28 heavy (non-hydrogen) atoms. The molecule has 2 nitrogen and oxygen atoms in total. The van der Waals surface area contributed by atoms with Gasteiger partial charge in [-0.2, -0.15) is 0 Å². The van der Waals surface area contributed by atoms with Crippen molar-refractivity contribution in [2.75, 3.05) is 0 Å². The molecule has 0 saturated heterocycles. The molecule has 0 unspecified atom stereocenters. The van der Waals surface area contributed by atoms with Gasteiger partial charge in [0.25, 0.3) is 0 Å². The first kappa shape index (κ1) is 20.3. The maximum Gasteiger partial charge on any atom is 0.149 e. The number of halogens is 1. The highest BCUT2D eigenvalue weighted by Crippen LogP contribution is 2.47. The predicted octanol–water partition coefficient (Wildman–Crippen LogP) is 7.51. The maximum atomic E-state index is 6.31. The van der Waals surface area contributed by atoms with Crippen molar-refractivity contribution >= 4 is 17.7 Å². The van der Waals surface area contributed by atoms with Gasteiger partial charge in [-0.05, 0) is 37.1 Å². The van der Waals surface area contributed by atoms with E-state index in [9.17, 15) is 0 Å². The molecule has 1 atom stereocenters. The fourth-order valence-electron chi connectivity index (χ4n) is 3.04. The van der Waals surface area contributed by atoms with Crippen LogP contribution in [-0.2, 0) is 10.2 Å². The molecule has 1 heterocycles. The van der Waals surface area contributed by atoms with Gasteiger partial charge < -0.3 is 9.47 Å². The molecular weight excluding hydrogens is 368 g/mol. The molecular formula is C25H27ClO2. The Morgan fingerprint density at radius 1 is 1.18 bits per heavy atom.